The van der Waals surface area contributed by atoms with Gasteiger partial charge in [-0.1, -0.05) is 28.4 Å². The number of nitro groups is 1. The highest BCUT2D eigenvalue weighted by Crippen LogP contribution is 2.23. The van der Waals surface area contributed by atoms with Crippen LogP contribution >= 0.6 is 0 Å². The minimum absolute atomic E-state index is 0.0139. The van der Waals surface area contributed by atoms with Crippen LogP contribution in [-0.4, -0.2) is 25.2 Å². The maximum Gasteiger partial charge on any atom is 0.342 e. The number of phenols is 1. The first-order valence-electron chi connectivity index (χ1n) is 5.73. The molecule has 0 aliphatic carbocycles. The van der Waals surface area contributed by atoms with Gasteiger partial charge in [0, 0.05) is 12.1 Å². The van der Waals surface area contributed by atoms with Gasteiger partial charge in [0.25, 0.3) is 12.4 Å². The maximum absolute atomic E-state index is 10.6. The Morgan fingerprint density at radius 2 is 1.50 bits per heavy atom. The second kappa shape index (κ2) is 7.64. The van der Waals surface area contributed by atoms with E-state index in [0.29, 0.717) is 0 Å². The summed E-state index contributed by atoms with van der Waals surface area (Å²) in [5, 5.41) is 38.1. The molecule has 0 saturated heterocycles. The smallest absolute Gasteiger partial charge is 0.342 e. The zero-order chi connectivity index (χ0) is 16.7. The van der Waals surface area contributed by atoms with Crippen LogP contribution in [0.3, 0.4) is 0 Å². The number of hydrogen-bond donors (Lipinski definition) is 2. The third-order valence-electron chi connectivity index (χ3n) is 2.41. The topological polar surface area (TPSA) is 127 Å². The number of carboxylic acid groups (broad SMARTS) is 1. The summed E-state index contributed by atoms with van der Waals surface area (Å²) in [5.41, 5.74) is -0.356. The fourth-order valence-electron chi connectivity index (χ4n) is 1.43. The van der Waals surface area contributed by atoms with E-state index in [0.717, 1.165) is 0 Å². The fraction of sp³-hybridized carbons (Fsp3) is 0. The van der Waals surface area contributed by atoms with Crippen molar-refractivity contribution in [2.75, 3.05) is 0 Å². The Kier molecular flexibility index (Phi) is 5.90. The summed E-state index contributed by atoms with van der Waals surface area (Å²) in [6.07, 6.45) is 0. The molecule has 114 valence electrons. The molecule has 0 bridgehead atoms. The zero-order valence-electron chi connectivity index (χ0n) is 10.9. The lowest BCUT2D eigenvalue weighted by Crippen LogP contribution is -2.01. The van der Waals surface area contributed by atoms with E-state index in [1.54, 1.807) is 6.07 Å². The minimum atomic E-state index is -1.16. The summed E-state index contributed by atoms with van der Waals surface area (Å²) < 4.78 is 0.115. The molecule has 0 atom stereocenters. The number of aromatic hydroxyl groups is 1. The molecule has 9 heteroatoms. The molecule has 0 unspecified atom stereocenters. The van der Waals surface area contributed by atoms with Gasteiger partial charge in [-0.15, -0.1) is 0 Å². The summed E-state index contributed by atoms with van der Waals surface area (Å²) in [6, 6.07) is 11.3. The number of aromatic carboxylic acids is 1. The van der Waals surface area contributed by atoms with Crippen molar-refractivity contribution < 1.29 is 24.0 Å². The molecule has 2 rings (SSSR count). The van der Waals surface area contributed by atoms with Crippen molar-refractivity contribution in [3.8, 4) is 5.75 Å². The maximum atomic E-state index is 10.6. The molecule has 2 aromatic rings. The Morgan fingerprint density at radius 1 is 1.00 bits per heavy atom. The van der Waals surface area contributed by atoms with Crippen molar-refractivity contribution >= 4 is 29.8 Å². The minimum Gasteiger partial charge on any atom is -0.605 e. The van der Waals surface area contributed by atoms with Gasteiger partial charge in [-0.3, -0.25) is 10.1 Å². The number of carbonyl (C=O) groups is 1. The molecule has 2 N–H and O–H groups in total. The van der Waals surface area contributed by atoms with Gasteiger partial charge >= 0.3 is 11.7 Å². The van der Waals surface area contributed by atoms with Gasteiger partial charge in [0.15, 0.2) is 5.75 Å². The third kappa shape index (κ3) is 4.49. The predicted molar refractivity (Wildman–Crippen MR) is 78.8 cm³/mol. The fourth-order valence-corrected chi connectivity index (χ4v) is 1.59. The molecule has 0 fully saturated rings. The van der Waals surface area contributed by atoms with Crippen LogP contribution in [0.1, 0.15) is 10.4 Å². The van der Waals surface area contributed by atoms with Gasteiger partial charge in [0.1, 0.15) is 5.56 Å². The molecule has 0 aromatic heterocycles. The Labute approximate surface area is 129 Å². The molecule has 0 heterocycles. The van der Waals surface area contributed by atoms with Crippen molar-refractivity contribution in [1.29, 1.82) is 0 Å². The van der Waals surface area contributed by atoms with Gasteiger partial charge in [-0.25, -0.2) is 4.79 Å². The third-order valence-corrected chi connectivity index (χ3v) is 2.61. The van der Waals surface area contributed by atoms with Crippen molar-refractivity contribution in [3.05, 3.63) is 69.4 Å². The SMILES string of the molecule is O=C(O)c1ccccc1[N+]([O-])=S.O=[N+]([O-])c1ccccc1O. The van der Waals surface area contributed by atoms with Crippen molar-refractivity contribution in [1.82, 2.24) is 0 Å². The predicted octanol–water partition coefficient (Wildman–Crippen LogP) is 2.56. The van der Waals surface area contributed by atoms with Crippen molar-refractivity contribution in [3.63, 3.8) is 0 Å². The molecule has 0 amide bonds. The number of carboxylic acids is 1. The number of nitrogens with zero attached hydrogens (tertiary/aromatic N) is 2. The molecular weight excluding hydrogens is 312 g/mol. The molecule has 2 aromatic carbocycles. The van der Waals surface area contributed by atoms with E-state index in [-0.39, 0.29) is 26.8 Å². The van der Waals surface area contributed by atoms with Crippen LogP contribution in [0.5, 0.6) is 5.75 Å². The molecule has 0 saturated carbocycles. The molecular formula is C13H10N2O6S. The van der Waals surface area contributed by atoms with Crippen LogP contribution in [0.2, 0.25) is 0 Å². The Bertz CT molecular complexity index is 686. The van der Waals surface area contributed by atoms with E-state index >= 15 is 0 Å². The highest BCUT2D eigenvalue weighted by atomic mass is 32.1. The van der Waals surface area contributed by atoms with Crippen molar-refractivity contribution in [2.24, 2.45) is 0 Å². The number of rotatable bonds is 3. The Hall–Kier alpha value is -3.07. The quantitative estimate of drug-likeness (QED) is 0.505. The van der Waals surface area contributed by atoms with Crippen LogP contribution in [-0.2, 0) is 12.4 Å². The highest BCUT2D eigenvalue weighted by Gasteiger charge is 2.14. The standard InChI is InChI=1S/C7H5NO3S.C6H5NO3/c9-7(10)5-3-1-2-4-6(5)8(11)12;8-6-4-2-1-3-5(6)7(9)10/h1-4H,(H,9,10);1-4,8H. The van der Waals surface area contributed by atoms with E-state index < -0.39 is 10.9 Å². The van der Waals surface area contributed by atoms with Crippen LogP contribution in [0.25, 0.3) is 0 Å². The second-order valence-corrected chi connectivity index (χ2v) is 4.16. The van der Waals surface area contributed by atoms with Crippen LogP contribution in [0.4, 0.5) is 11.4 Å². The monoisotopic (exact) mass is 322 g/mol. The lowest BCUT2D eigenvalue weighted by atomic mass is 10.2. The summed E-state index contributed by atoms with van der Waals surface area (Å²) in [4.78, 5) is 20.0. The van der Waals surface area contributed by atoms with E-state index in [9.17, 15) is 20.1 Å². The molecule has 8 nitrogen and oxygen atoms in total. The van der Waals surface area contributed by atoms with E-state index in [2.05, 4.69) is 12.4 Å². The van der Waals surface area contributed by atoms with Gasteiger partial charge in [0.2, 0.25) is 5.69 Å². The van der Waals surface area contributed by atoms with Gasteiger partial charge in [-0.2, -0.15) is 0 Å². The van der Waals surface area contributed by atoms with E-state index in [1.165, 1.54) is 42.5 Å². The summed E-state index contributed by atoms with van der Waals surface area (Å²) in [5.74, 6) is -1.45. The molecule has 0 aliphatic heterocycles. The second-order valence-electron chi connectivity index (χ2n) is 3.83. The first kappa shape index (κ1) is 17.0. The average molecular weight is 322 g/mol. The van der Waals surface area contributed by atoms with Gasteiger partial charge < -0.3 is 15.4 Å². The van der Waals surface area contributed by atoms with Crippen LogP contribution in [0.15, 0.2) is 48.5 Å². The zero-order valence-corrected chi connectivity index (χ0v) is 11.8. The number of phenolic OH excluding ortho intramolecular Hbond substituents is 1. The van der Waals surface area contributed by atoms with E-state index in [1.807, 2.05) is 0 Å². The highest BCUT2D eigenvalue weighted by molar-refractivity contribution is 7.44. The number of hydrogen-bond acceptors (Lipinski definition) is 6. The lowest BCUT2D eigenvalue weighted by Gasteiger charge is -1.99. The first-order valence-corrected chi connectivity index (χ1v) is 6.10. The summed E-state index contributed by atoms with van der Waals surface area (Å²) in [7, 11) is 0. The van der Waals surface area contributed by atoms with E-state index in [4.69, 9.17) is 10.2 Å². The summed E-state index contributed by atoms with van der Waals surface area (Å²) >= 11 is 4.27. The molecule has 0 spiro atoms. The molecule has 0 aliphatic rings. The first-order chi connectivity index (χ1) is 10.3. The largest absolute Gasteiger partial charge is 0.605 e. The summed E-state index contributed by atoms with van der Waals surface area (Å²) in [6.45, 7) is 0. The number of para-hydroxylation sites is 3. The number of nitro benzene ring substituents is 1. The van der Waals surface area contributed by atoms with Crippen molar-refractivity contribution in [2.45, 2.75) is 0 Å². The van der Waals surface area contributed by atoms with Crippen LogP contribution in [0, 0.1) is 15.3 Å². The number of benzene rings is 2. The molecule has 22 heavy (non-hydrogen) atoms. The van der Waals surface area contributed by atoms with Gasteiger partial charge in [-0.05, 0) is 12.1 Å². The normalized spacial score (nSPS) is 9.27. The van der Waals surface area contributed by atoms with Crippen LogP contribution < -0.4 is 0 Å². The lowest BCUT2D eigenvalue weighted by molar-refractivity contribution is -0.385. The Balaban J connectivity index is 0.000000224. The van der Waals surface area contributed by atoms with Gasteiger partial charge in [0.05, 0.1) is 4.92 Å². The Morgan fingerprint density at radius 3 is 1.86 bits per heavy atom. The molecule has 0 radical (unpaired) electrons. The average Bonchev–Trinajstić information content (AvgIpc) is 2.48.